The first-order chi connectivity index (χ1) is 13.3. The molecule has 5 rings (SSSR count). The summed E-state index contributed by atoms with van der Waals surface area (Å²) in [5.74, 6) is 1.53. The topological polar surface area (TPSA) is 43.3 Å². The van der Waals surface area contributed by atoms with Gasteiger partial charge in [0.1, 0.15) is 11.3 Å². The van der Waals surface area contributed by atoms with E-state index in [9.17, 15) is 0 Å². The normalized spacial score (nSPS) is 11.7. The Balaban J connectivity index is 1.51. The van der Waals surface area contributed by atoms with Crippen molar-refractivity contribution in [3.63, 3.8) is 0 Å². The first-order valence-corrected chi connectivity index (χ1v) is 8.86. The highest BCUT2D eigenvalue weighted by atomic mass is 16.3. The van der Waals surface area contributed by atoms with Gasteiger partial charge in [-0.1, -0.05) is 42.5 Å². The van der Waals surface area contributed by atoms with Gasteiger partial charge in [0.25, 0.3) is 0 Å². The number of pyridine rings is 1. The molecule has 0 atom stereocenters. The van der Waals surface area contributed by atoms with Gasteiger partial charge in [0.2, 0.25) is 5.89 Å². The molecule has 4 heteroatoms. The lowest BCUT2D eigenvalue weighted by Gasteiger charge is -1.99. The van der Waals surface area contributed by atoms with Crippen molar-refractivity contribution in [2.45, 2.75) is 6.92 Å². The maximum absolute atomic E-state index is 5.87. The Labute approximate surface area is 156 Å². The highest BCUT2D eigenvalue weighted by Crippen LogP contribution is 2.25. The fourth-order valence-corrected chi connectivity index (χ4v) is 3.32. The van der Waals surface area contributed by atoms with E-state index in [2.05, 4.69) is 44.7 Å². The summed E-state index contributed by atoms with van der Waals surface area (Å²) in [6, 6.07) is 22.4. The molecular formula is C23H17N3O. The third-order valence-electron chi connectivity index (χ3n) is 4.65. The van der Waals surface area contributed by atoms with Gasteiger partial charge in [0.15, 0.2) is 5.58 Å². The molecule has 0 aliphatic heterocycles. The third-order valence-corrected chi connectivity index (χ3v) is 4.65. The van der Waals surface area contributed by atoms with Crippen LogP contribution in [0.5, 0.6) is 0 Å². The summed E-state index contributed by atoms with van der Waals surface area (Å²) in [7, 11) is 0. The lowest BCUT2D eigenvalue weighted by Crippen LogP contribution is -1.84. The van der Waals surface area contributed by atoms with E-state index in [-0.39, 0.29) is 0 Å². The van der Waals surface area contributed by atoms with Crippen molar-refractivity contribution in [2.75, 3.05) is 0 Å². The van der Waals surface area contributed by atoms with Crippen LogP contribution in [0.4, 0.5) is 0 Å². The smallest absolute Gasteiger partial charge is 0.220 e. The lowest BCUT2D eigenvalue weighted by molar-refractivity contribution is 0.590. The van der Waals surface area contributed by atoms with Gasteiger partial charge in [-0.2, -0.15) is 0 Å². The molecule has 27 heavy (non-hydrogen) atoms. The van der Waals surface area contributed by atoms with E-state index in [4.69, 9.17) is 4.42 Å². The summed E-state index contributed by atoms with van der Waals surface area (Å²) in [5.41, 5.74) is 5.89. The van der Waals surface area contributed by atoms with E-state index >= 15 is 0 Å². The number of imidazole rings is 1. The van der Waals surface area contributed by atoms with Gasteiger partial charge in [-0.05, 0) is 48.4 Å². The average Bonchev–Trinajstić information content (AvgIpc) is 3.27. The summed E-state index contributed by atoms with van der Waals surface area (Å²) in [6.07, 6.45) is 5.83. The van der Waals surface area contributed by atoms with Crippen LogP contribution < -0.4 is 0 Å². The lowest BCUT2D eigenvalue weighted by atomic mass is 10.1. The van der Waals surface area contributed by atoms with Gasteiger partial charge >= 0.3 is 0 Å². The van der Waals surface area contributed by atoms with Gasteiger partial charge in [-0.3, -0.25) is 0 Å². The van der Waals surface area contributed by atoms with Gasteiger partial charge in [-0.25, -0.2) is 9.97 Å². The SMILES string of the molecule is Cc1nc(/C=C/c2nc3cc(-c4ccccc4)ccc3o2)c2ccccn12. The summed E-state index contributed by atoms with van der Waals surface area (Å²) in [4.78, 5) is 9.23. The zero-order valence-corrected chi connectivity index (χ0v) is 14.8. The predicted molar refractivity (Wildman–Crippen MR) is 108 cm³/mol. The van der Waals surface area contributed by atoms with Crippen LogP contribution in [0.1, 0.15) is 17.4 Å². The number of aryl methyl sites for hydroxylation is 1. The first-order valence-electron chi connectivity index (χ1n) is 8.86. The monoisotopic (exact) mass is 351 g/mol. The largest absolute Gasteiger partial charge is 0.437 e. The van der Waals surface area contributed by atoms with Crippen molar-refractivity contribution in [1.29, 1.82) is 0 Å². The molecule has 0 aliphatic carbocycles. The molecule has 4 nitrogen and oxygen atoms in total. The minimum Gasteiger partial charge on any atom is -0.437 e. The van der Waals surface area contributed by atoms with Crippen molar-refractivity contribution >= 4 is 28.8 Å². The molecule has 0 amide bonds. The Morgan fingerprint density at radius 2 is 1.70 bits per heavy atom. The van der Waals surface area contributed by atoms with Crippen LogP contribution >= 0.6 is 0 Å². The molecule has 130 valence electrons. The van der Waals surface area contributed by atoms with E-state index < -0.39 is 0 Å². The summed E-state index contributed by atoms with van der Waals surface area (Å²) in [5, 5.41) is 0. The predicted octanol–water partition coefficient (Wildman–Crippen LogP) is 5.62. The number of hydrogen-bond acceptors (Lipinski definition) is 3. The van der Waals surface area contributed by atoms with Crippen LogP contribution in [-0.4, -0.2) is 14.4 Å². The number of rotatable bonds is 3. The molecule has 3 aromatic heterocycles. The second-order valence-corrected chi connectivity index (χ2v) is 6.43. The molecule has 0 saturated carbocycles. The second kappa shape index (κ2) is 6.25. The van der Waals surface area contributed by atoms with Crippen LogP contribution in [0.2, 0.25) is 0 Å². The summed E-state index contributed by atoms with van der Waals surface area (Å²) < 4.78 is 7.93. The molecule has 0 unspecified atom stereocenters. The Kier molecular flexibility index (Phi) is 3.61. The minimum atomic E-state index is 0.574. The maximum Gasteiger partial charge on any atom is 0.220 e. The molecule has 0 fully saturated rings. The van der Waals surface area contributed by atoms with E-state index in [0.29, 0.717) is 5.89 Å². The van der Waals surface area contributed by atoms with Crippen LogP contribution in [0, 0.1) is 6.92 Å². The van der Waals surface area contributed by atoms with Crippen molar-refractivity contribution in [2.24, 2.45) is 0 Å². The zero-order valence-electron chi connectivity index (χ0n) is 14.8. The minimum absolute atomic E-state index is 0.574. The van der Waals surface area contributed by atoms with Crippen LogP contribution in [0.25, 0.3) is 39.9 Å². The molecular weight excluding hydrogens is 334 g/mol. The Morgan fingerprint density at radius 1 is 0.852 bits per heavy atom. The van der Waals surface area contributed by atoms with Crippen molar-refractivity contribution in [3.05, 3.63) is 90.3 Å². The Morgan fingerprint density at radius 3 is 2.59 bits per heavy atom. The highest BCUT2D eigenvalue weighted by molar-refractivity contribution is 5.82. The number of hydrogen-bond donors (Lipinski definition) is 0. The fraction of sp³-hybridized carbons (Fsp3) is 0.0435. The molecule has 0 spiro atoms. The number of fused-ring (bicyclic) bond motifs is 2. The van der Waals surface area contributed by atoms with E-state index in [1.165, 1.54) is 5.56 Å². The van der Waals surface area contributed by atoms with E-state index in [1.807, 2.05) is 61.7 Å². The molecule has 0 aliphatic rings. The molecule has 0 radical (unpaired) electrons. The molecule has 3 heterocycles. The molecule has 2 aromatic carbocycles. The molecule has 5 aromatic rings. The van der Waals surface area contributed by atoms with Crippen molar-refractivity contribution < 1.29 is 4.42 Å². The van der Waals surface area contributed by atoms with Gasteiger partial charge in [0.05, 0.1) is 11.2 Å². The zero-order chi connectivity index (χ0) is 18.2. The summed E-state index contributed by atoms with van der Waals surface area (Å²) >= 11 is 0. The Bertz CT molecular complexity index is 1280. The van der Waals surface area contributed by atoms with Gasteiger partial charge in [0, 0.05) is 12.3 Å². The number of oxazole rings is 1. The molecule has 0 saturated heterocycles. The van der Waals surface area contributed by atoms with E-state index in [0.717, 1.165) is 33.7 Å². The summed E-state index contributed by atoms with van der Waals surface area (Å²) in [6.45, 7) is 1.99. The van der Waals surface area contributed by atoms with Crippen molar-refractivity contribution in [3.8, 4) is 11.1 Å². The van der Waals surface area contributed by atoms with E-state index in [1.54, 1.807) is 0 Å². The average molecular weight is 351 g/mol. The molecule has 0 bridgehead atoms. The second-order valence-electron chi connectivity index (χ2n) is 6.43. The van der Waals surface area contributed by atoms with Crippen molar-refractivity contribution in [1.82, 2.24) is 14.4 Å². The maximum atomic E-state index is 5.87. The van der Waals surface area contributed by atoms with Crippen LogP contribution in [0.3, 0.4) is 0 Å². The standard InChI is InChI=1S/C23H17N3O/c1-16-24-19(21-9-5-6-14-26(16)21)11-13-23-25-20-15-18(10-12-22(20)27-23)17-7-3-2-4-8-17/h2-15H,1H3/b13-11+. The number of nitrogens with zero attached hydrogens (tertiary/aromatic N) is 3. The quantitative estimate of drug-likeness (QED) is 0.424. The fourth-order valence-electron chi connectivity index (χ4n) is 3.32. The van der Waals surface area contributed by atoms with Crippen LogP contribution in [-0.2, 0) is 0 Å². The first kappa shape index (κ1) is 15.6. The third kappa shape index (κ3) is 2.81. The van der Waals surface area contributed by atoms with Gasteiger partial charge < -0.3 is 8.82 Å². The van der Waals surface area contributed by atoms with Crippen LogP contribution in [0.15, 0.2) is 77.3 Å². The Hall–Kier alpha value is -3.66. The number of benzene rings is 2. The van der Waals surface area contributed by atoms with Gasteiger partial charge in [-0.15, -0.1) is 0 Å². The molecule has 0 N–H and O–H groups in total. The highest BCUT2D eigenvalue weighted by Gasteiger charge is 2.07. The number of aromatic nitrogens is 3.